The number of benzene rings is 1. The lowest BCUT2D eigenvalue weighted by molar-refractivity contribution is 0.382. The van der Waals surface area contributed by atoms with Gasteiger partial charge in [-0.15, -0.1) is 0 Å². The molecule has 0 saturated heterocycles. The van der Waals surface area contributed by atoms with Crippen LogP contribution < -0.4 is 4.72 Å². The van der Waals surface area contributed by atoms with Crippen LogP contribution in [0.2, 0.25) is 0 Å². The van der Waals surface area contributed by atoms with E-state index < -0.39 is 10.0 Å². The van der Waals surface area contributed by atoms with Crippen LogP contribution in [0.4, 0.5) is 0 Å². The summed E-state index contributed by atoms with van der Waals surface area (Å²) in [6.07, 6.45) is 5.60. The second-order valence-corrected chi connectivity index (χ2v) is 8.11. The van der Waals surface area contributed by atoms with Crippen LogP contribution >= 0.6 is 0 Å². The summed E-state index contributed by atoms with van der Waals surface area (Å²) in [6.45, 7) is 1.83. The molecule has 1 aromatic heterocycles. The summed E-state index contributed by atoms with van der Waals surface area (Å²) in [7, 11) is -3.28. The Morgan fingerprint density at radius 3 is 2.68 bits per heavy atom. The predicted molar refractivity (Wildman–Crippen MR) is 88.1 cm³/mol. The highest BCUT2D eigenvalue weighted by Crippen LogP contribution is 2.27. The Hall–Kier alpha value is -1.33. The Kier molecular flexibility index (Phi) is 4.54. The van der Waals surface area contributed by atoms with Crippen LogP contribution in [-0.2, 0) is 10.0 Å². The Bertz CT molecular complexity index is 696. The van der Waals surface area contributed by atoms with Gasteiger partial charge in [-0.1, -0.05) is 37.5 Å². The molecule has 0 amide bonds. The van der Waals surface area contributed by atoms with Gasteiger partial charge in [-0.05, 0) is 37.8 Å². The van der Waals surface area contributed by atoms with Crippen LogP contribution in [0.3, 0.4) is 0 Å². The number of sulfonamides is 1. The Labute approximate surface area is 131 Å². The zero-order chi connectivity index (χ0) is 15.6. The van der Waals surface area contributed by atoms with Crippen LogP contribution in [0.15, 0.2) is 34.7 Å². The van der Waals surface area contributed by atoms with E-state index in [1.807, 2.05) is 37.3 Å². The third-order valence-corrected chi connectivity index (χ3v) is 6.03. The molecule has 1 aliphatic carbocycles. The maximum absolute atomic E-state index is 12.3. The van der Waals surface area contributed by atoms with Gasteiger partial charge in [-0.25, -0.2) is 13.1 Å². The van der Waals surface area contributed by atoms with E-state index in [0.29, 0.717) is 11.7 Å². The molecule has 1 N–H and O–H groups in total. The van der Waals surface area contributed by atoms with Gasteiger partial charge in [0.2, 0.25) is 10.0 Å². The highest BCUT2D eigenvalue weighted by Gasteiger charge is 2.24. The molecule has 2 aromatic rings. The van der Waals surface area contributed by atoms with Gasteiger partial charge in [-0.3, -0.25) is 0 Å². The summed E-state index contributed by atoms with van der Waals surface area (Å²) in [5, 5.41) is 0.996. The largest absolute Gasteiger partial charge is 0.459 e. The molecule has 22 heavy (non-hydrogen) atoms. The first kappa shape index (κ1) is 15.6. The van der Waals surface area contributed by atoms with Crippen LogP contribution in [0, 0.1) is 5.92 Å². The number of nitrogens with one attached hydrogen (secondary N) is 1. The molecule has 0 unspecified atom stereocenters. The molecular formula is C17H23NO3S. The topological polar surface area (TPSA) is 59.3 Å². The summed E-state index contributed by atoms with van der Waals surface area (Å²) in [4.78, 5) is 0. The highest BCUT2D eigenvalue weighted by molar-refractivity contribution is 7.89. The van der Waals surface area contributed by atoms with Crippen molar-refractivity contribution in [3.8, 4) is 0 Å². The molecular weight excluding hydrogens is 298 g/mol. The van der Waals surface area contributed by atoms with Crippen molar-refractivity contribution in [1.29, 1.82) is 0 Å². The molecule has 1 heterocycles. The lowest BCUT2D eigenvalue weighted by atomic mass is 9.91. The average Bonchev–Trinajstić information content (AvgIpc) is 2.91. The van der Waals surface area contributed by atoms with E-state index in [4.69, 9.17) is 4.42 Å². The third-order valence-electron chi connectivity index (χ3n) is 4.41. The van der Waals surface area contributed by atoms with Gasteiger partial charge in [0.25, 0.3) is 0 Å². The zero-order valence-corrected chi connectivity index (χ0v) is 13.7. The number of hydrogen-bond donors (Lipinski definition) is 1. The van der Waals surface area contributed by atoms with Crippen LogP contribution in [0.1, 0.15) is 50.8 Å². The highest BCUT2D eigenvalue weighted by atomic mass is 32.2. The molecule has 1 fully saturated rings. The molecule has 0 radical (unpaired) electrons. The van der Waals surface area contributed by atoms with Gasteiger partial charge in [0.05, 0.1) is 11.8 Å². The van der Waals surface area contributed by atoms with Crippen molar-refractivity contribution in [3.63, 3.8) is 0 Å². The number of para-hydroxylation sites is 1. The molecule has 4 nitrogen and oxygen atoms in total. The predicted octanol–water partition coefficient (Wildman–Crippen LogP) is 3.99. The van der Waals surface area contributed by atoms with Crippen molar-refractivity contribution in [3.05, 3.63) is 36.1 Å². The van der Waals surface area contributed by atoms with Gasteiger partial charge in [0, 0.05) is 5.39 Å². The number of fused-ring (bicyclic) bond motifs is 1. The SMILES string of the molecule is C[C@H](NS(=O)(=O)CC1CCCCC1)c1cc2ccccc2o1. The first-order chi connectivity index (χ1) is 10.5. The Morgan fingerprint density at radius 2 is 1.95 bits per heavy atom. The van der Waals surface area contributed by atoms with Crippen molar-refractivity contribution < 1.29 is 12.8 Å². The first-order valence-corrected chi connectivity index (χ1v) is 9.67. The van der Waals surface area contributed by atoms with Crippen LogP contribution in [-0.4, -0.2) is 14.2 Å². The Morgan fingerprint density at radius 1 is 1.23 bits per heavy atom. The van der Waals surface area contributed by atoms with Crippen LogP contribution in [0.25, 0.3) is 11.0 Å². The molecule has 3 rings (SSSR count). The molecule has 1 atom stereocenters. The maximum atomic E-state index is 12.3. The van der Waals surface area contributed by atoms with E-state index in [9.17, 15) is 8.42 Å². The number of furan rings is 1. The standard InChI is InChI=1S/C17H23NO3S/c1-13(17-11-15-9-5-6-10-16(15)21-17)18-22(19,20)12-14-7-3-2-4-8-14/h5-6,9-11,13-14,18H,2-4,7-8,12H2,1H3/t13-/m0/s1. The lowest BCUT2D eigenvalue weighted by Gasteiger charge is -2.22. The van der Waals surface area contributed by atoms with Crippen LogP contribution in [0.5, 0.6) is 0 Å². The minimum absolute atomic E-state index is 0.234. The molecule has 0 bridgehead atoms. The third kappa shape index (κ3) is 3.70. The minimum atomic E-state index is -3.28. The van der Waals surface area contributed by atoms with E-state index in [0.717, 1.165) is 36.7 Å². The van der Waals surface area contributed by atoms with Crippen molar-refractivity contribution in [2.75, 3.05) is 5.75 Å². The van der Waals surface area contributed by atoms with E-state index in [1.165, 1.54) is 6.42 Å². The monoisotopic (exact) mass is 321 g/mol. The quantitative estimate of drug-likeness (QED) is 0.905. The smallest absolute Gasteiger partial charge is 0.212 e. The summed E-state index contributed by atoms with van der Waals surface area (Å²) in [6, 6.07) is 9.27. The fourth-order valence-electron chi connectivity index (χ4n) is 3.26. The van der Waals surface area contributed by atoms with Gasteiger partial charge in [0.1, 0.15) is 11.3 Å². The second kappa shape index (κ2) is 6.42. The van der Waals surface area contributed by atoms with E-state index in [-0.39, 0.29) is 11.8 Å². The summed E-state index contributed by atoms with van der Waals surface area (Å²) in [5.41, 5.74) is 0.788. The van der Waals surface area contributed by atoms with E-state index in [2.05, 4.69) is 4.72 Å². The van der Waals surface area contributed by atoms with E-state index >= 15 is 0 Å². The molecule has 1 saturated carbocycles. The lowest BCUT2D eigenvalue weighted by Crippen LogP contribution is -2.32. The molecule has 120 valence electrons. The normalized spacial score (nSPS) is 18.6. The maximum Gasteiger partial charge on any atom is 0.212 e. The number of rotatable bonds is 5. The molecule has 1 aliphatic rings. The molecule has 0 spiro atoms. The minimum Gasteiger partial charge on any atom is -0.459 e. The van der Waals surface area contributed by atoms with Gasteiger partial charge >= 0.3 is 0 Å². The Balaban J connectivity index is 1.67. The summed E-state index contributed by atoms with van der Waals surface area (Å²) in [5.74, 6) is 1.19. The number of hydrogen-bond acceptors (Lipinski definition) is 3. The zero-order valence-electron chi connectivity index (χ0n) is 12.9. The first-order valence-electron chi connectivity index (χ1n) is 8.02. The molecule has 5 heteroatoms. The van der Waals surface area contributed by atoms with Crippen molar-refractivity contribution >= 4 is 21.0 Å². The van der Waals surface area contributed by atoms with Crippen molar-refractivity contribution in [2.45, 2.75) is 45.1 Å². The van der Waals surface area contributed by atoms with Crippen molar-refractivity contribution in [1.82, 2.24) is 4.72 Å². The van der Waals surface area contributed by atoms with E-state index in [1.54, 1.807) is 0 Å². The second-order valence-electron chi connectivity index (χ2n) is 6.31. The average molecular weight is 321 g/mol. The van der Waals surface area contributed by atoms with Gasteiger partial charge < -0.3 is 4.42 Å². The fourth-order valence-corrected chi connectivity index (χ4v) is 4.96. The molecule has 0 aliphatic heterocycles. The summed E-state index contributed by atoms with van der Waals surface area (Å²) < 4.78 is 33.2. The molecule has 1 aromatic carbocycles. The summed E-state index contributed by atoms with van der Waals surface area (Å²) >= 11 is 0. The van der Waals surface area contributed by atoms with Gasteiger partial charge in [0.15, 0.2) is 0 Å². The fraction of sp³-hybridized carbons (Fsp3) is 0.529. The van der Waals surface area contributed by atoms with Gasteiger partial charge in [-0.2, -0.15) is 0 Å². The van der Waals surface area contributed by atoms with Crippen molar-refractivity contribution in [2.24, 2.45) is 5.92 Å².